The number of nitrogens with one attached hydrogen (secondary N) is 1. The Morgan fingerprint density at radius 3 is 2.78 bits per heavy atom. The van der Waals surface area contributed by atoms with Crippen molar-refractivity contribution < 1.29 is 14.4 Å². The van der Waals surface area contributed by atoms with E-state index in [0.717, 1.165) is 12.8 Å². The topological polar surface area (TPSA) is 94.7 Å². The lowest BCUT2D eigenvalue weighted by molar-refractivity contribution is 0.117. The molecule has 1 aromatic rings. The number of aromatic nitrogens is 2. The van der Waals surface area contributed by atoms with Crippen LogP contribution in [0.25, 0.3) is 0 Å². The highest BCUT2D eigenvalue weighted by Crippen LogP contribution is 2.16. The summed E-state index contributed by atoms with van der Waals surface area (Å²) in [6.07, 6.45) is 2.54. The zero-order valence-electron chi connectivity index (χ0n) is 14.2. The monoisotopic (exact) mass is 325 g/mol. The Kier molecular flexibility index (Phi) is 6.35. The lowest BCUT2D eigenvalue weighted by Gasteiger charge is -2.36. The summed E-state index contributed by atoms with van der Waals surface area (Å²) in [6, 6.07) is 0.0220. The van der Waals surface area contributed by atoms with E-state index in [1.807, 2.05) is 25.8 Å². The minimum atomic E-state index is -0.301. The summed E-state index contributed by atoms with van der Waals surface area (Å²) in [6.45, 7) is 6.05. The molecule has 0 bridgehead atoms. The van der Waals surface area contributed by atoms with Gasteiger partial charge >= 0.3 is 6.03 Å². The van der Waals surface area contributed by atoms with Crippen LogP contribution in [0.15, 0.2) is 4.52 Å². The van der Waals surface area contributed by atoms with E-state index in [4.69, 9.17) is 9.63 Å². The molecule has 1 aliphatic heterocycles. The van der Waals surface area contributed by atoms with Gasteiger partial charge in [-0.05, 0) is 26.8 Å². The number of hydrogen-bond acceptors (Lipinski definition) is 6. The Bertz CT molecular complexity index is 499. The molecule has 0 saturated carbocycles. The Balaban J connectivity index is 1.80. The second kappa shape index (κ2) is 8.26. The predicted octanol–water partition coefficient (Wildman–Crippen LogP) is 0.791. The molecule has 2 N–H and O–H groups in total. The molecule has 1 fully saturated rings. The molecule has 2 amide bonds. The molecule has 0 aromatic carbocycles. The lowest BCUT2D eigenvalue weighted by atomic mass is 10.0. The fourth-order valence-electron chi connectivity index (χ4n) is 2.78. The van der Waals surface area contributed by atoms with Crippen LogP contribution in [-0.4, -0.2) is 70.4 Å². The number of rotatable bonds is 6. The highest BCUT2D eigenvalue weighted by atomic mass is 16.5. The molecule has 130 valence electrons. The van der Waals surface area contributed by atoms with Crippen molar-refractivity contribution in [2.75, 3.05) is 33.3 Å². The maximum Gasteiger partial charge on any atom is 0.318 e. The third-order valence-corrected chi connectivity index (χ3v) is 4.34. The van der Waals surface area contributed by atoms with E-state index in [0.29, 0.717) is 43.8 Å². The van der Waals surface area contributed by atoms with Gasteiger partial charge in [-0.15, -0.1) is 0 Å². The van der Waals surface area contributed by atoms with Crippen molar-refractivity contribution in [2.45, 2.75) is 45.2 Å². The van der Waals surface area contributed by atoms with E-state index in [1.54, 1.807) is 0 Å². The molecule has 0 radical (unpaired) electrons. The first kappa shape index (κ1) is 17.7. The van der Waals surface area contributed by atoms with Crippen molar-refractivity contribution in [3.8, 4) is 0 Å². The van der Waals surface area contributed by atoms with Crippen molar-refractivity contribution in [1.82, 2.24) is 25.3 Å². The smallest absolute Gasteiger partial charge is 0.318 e. The third-order valence-electron chi connectivity index (χ3n) is 4.34. The summed E-state index contributed by atoms with van der Waals surface area (Å²) in [7, 11) is 2.01. The van der Waals surface area contributed by atoms with Gasteiger partial charge in [-0.2, -0.15) is 4.98 Å². The average molecular weight is 325 g/mol. The molecule has 1 atom stereocenters. The summed E-state index contributed by atoms with van der Waals surface area (Å²) >= 11 is 0. The molecule has 0 unspecified atom stereocenters. The molecule has 0 aliphatic carbocycles. The molecule has 1 aromatic heterocycles. The molecular formula is C15H27N5O3. The summed E-state index contributed by atoms with van der Waals surface area (Å²) in [5.74, 6) is 1.08. The number of urea groups is 1. The highest BCUT2D eigenvalue weighted by molar-refractivity contribution is 5.74. The van der Waals surface area contributed by atoms with E-state index in [2.05, 4.69) is 20.4 Å². The van der Waals surface area contributed by atoms with Crippen LogP contribution in [0.1, 0.15) is 44.4 Å². The van der Waals surface area contributed by atoms with E-state index >= 15 is 0 Å². The van der Waals surface area contributed by atoms with Crippen LogP contribution in [0.2, 0.25) is 0 Å². The second-order valence-corrected chi connectivity index (χ2v) is 6.00. The number of aryl methyl sites for hydroxylation is 1. The van der Waals surface area contributed by atoms with Crippen molar-refractivity contribution in [2.24, 2.45) is 0 Å². The normalized spacial score (nSPS) is 17.5. The van der Waals surface area contributed by atoms with Crippen molar-refractivity contribution in [1.29, 1.82) is 0 Å². The van der Waals surface area contributed by atoms with Crippen LogP contribution in [0.3, 0.4) is 0 Å². The number of hydrogen-bond donors (Lipinski definition) is 2. The maximum absolute atomic E-state index is 12.3. The predicted molar refractivity (Wildman–Crippen MR) is 84.9 cm³/mol. The van der Waals surface area contributed by atoms with Crippen molar-refractivity contribution in [3.05, 3.63) is 11.7 Å². The Morgan fingerprint density at radius 1 is 1.52 bits per heavy atom. The molecule has 1 aliphatic rings. The van der Waals surface area contributed by atoms with Crippen LogP contribution in [-0.2, 0) is 6.42 Å². The first-order valence-electron chi connectivity index (χ1n) is 8.24. The van der Waals surface area contributed by atoms with Gasteiger partial charge < -0.3 is 24.7 Å². The summed E-state index contributed by atoms with van der Waals surface area (Å²) in [5.41, 5.74) is 0. The van der Waals surface area contributed by atoms with Gasteiger partial charge in [0.25, 0.3) is 0 Å². The molecule has 2 heterocycles. The zero-order valence-corrected chi connectivity index (χ0v) is 14.2. The first-order chi connectivity index (χ1) is 11.0. The number of aliphatic hydroxyl groups is 1. The minimum absolute atomic E-state index is 0.1000. The number of likely N-dealkylation sites (N-methyl/N-ethyl adjacent to an activating group) is 1. The van der Waals surface area contributed by atoms with E-state index < -0.39 is 0 Å². The fraction of sp³-hybridized carbons (Fsp3) is 0.800. The van der Waals surface area contributed by atoms with Crippen LogP contribution < -0.4 is 5.32 Å². The number of aliphatic hydroxyl groups excluding tert-OH is 1. The third kappa shape index (κ3) is 4.65. The Hall–Kier alpha value is -1.67. The van der Waals surface area contributed by atoms with Gasteiger partial charge in [-0.3, -0.25) is 0 Å². The van der Waals surface area contributed by atoms with Gasteiger partial charge in [0.1, 0.15) is 6.04 Å². The molecular weight excluding hydrogens is 298 g/mol. The van der Waals surface area contributed by atoms with E-state index in [1.165, 1.54) is 0 Å². The summed E-state index contributed by atoms with van der Waals surface area (Å²) in [5, 5.41) is 15.8. The van der Waals surface area contributed by atoms with Crippen molar-refractivity contribution in [3.63, 3.8) is 0 Å². The number of nitrogens with zero attached hydrogens (tertiary/aromatic N) is 4. The summed E-state index contributed by atoms with van der Waals surface area (Å²) < 4.78 is 5.16. The summed E-state index contributed by atoms with van der Waals surface area (Å²) in [4.78, 5) is 20.5. The van der Waals surface area contributed by atoms with Gasteiger partial charge in [-0.1, -0.05) is 12.1 Å². The molecule has 8 heteroatoms. The lowest BCUT2D eigenvalue weighted by Crippen LogP contribution is -2.49. The molecule has 8 nitrogen and oxygen atoms in total. The number of likely N-dealkylation sites (tertiary alicyclic amines) is 1. The largest absolute Gasteiger partial charge is 0.395 e. The molecule has 0 spiro atoms. The van der Waals surface area contributed by atoms with Gasteiger partial charge in [0.2, 0.25) is 5.89 Å². The zero-order chi connectivity index (χ0) is 16.8. The Labute approximate surface area is 136 Å². The van der Waals surface area contributed by atoms with Crippen molar-refractivity contribution >= 4 is 6.03 Å². The first-order valence-corrected chi connectivity index (χ1v) is 8.24. The molecule has 1 saturated heterocycles. The second-order valence-electron chi connectivity index (χ2n) is 6.00. The van der Waals surface area contributed by atoms with Gasteiger partial charge in [0, 0.05) is 32.1 Å². The molecule has 2 rings (SSSR count). The van der Waals surface area contributed by atoms with E-state index in [-0.39, 0.29) is 18.7 Å². The number of carbonyl (C=O) groups excluding carboxylic acids is 1. The standard InChI is InChI=1S/C15H27N5O3/c1-4-13-17-14(23-18-13)11(2)16-15(22)20-7-5-12(6-8-20)19(3)9-10-21/h11-12,21H,4-10H2,1-3H3,(H,16,22)/t11-/m1/s1. The molecule has 23 heavy (non-hydrogen) atoms. The maximum atomic E-state index is 12.3. The SMILES string of the molecule is CCc1noc([C@@H](C)NC(=O)N2CCC(N(C)CCO)CC2)n1. The quantitative estimate of drug-likeness (QED) is 0.803. The van der Waals surface area contributed by atoms with Crippen LogP contribution >= 0.6 is 0 Å². The van der Waals surface area contributed by atoms with Gasteiger partial charge in [-0.25, -0.2) is 4.79 Å². The van der Waals surface area contributed by atoms with Gasteiger partial charge in [0.05, 0.1) is 6.61 Å². The average Bonchev–Trinajstić information content (AvgIpc) is 3.04. The van der Waals surface area contributed by atoms with Gasteiger partial charge in [0.15, 0.2) is 5.82 Å². The van der Waals surface area contributed by atoms with Crippen LogP contribution in [0.5, 0.6) is 0 Å². The van der Waals surface area contributed by atoms with E-state index in [9.17, 15) is 4.79 Å². The number of carbonyl (C=O) groups is 1. The highest BCUT2D eigenvalue weighted by Gasteiger charge is 2.26. The number of piperidine rings is 1. The van der Waals surface area contributed by atoms with Crippen LogP contribution in [0.4, 0.5) is 4.79 Å². The number of amides is 2. The van der Waals surface area contributed by atoms with Crippen LogP contribution in [0, 0.1) is 0 Å². The minimum Gasteiger partial charge on any atom is -0.395 e. The Morgan fingerprint density at radius 2 is 2.22 bits per heavy atom. The fourth-order valence-corrected chi connectivity index (χ4v) is 2.78.